The molecule has 0 fully saturated rings. The molecule has 0 aromatic carbocycles. The molecule has 0 saturated heterocycles. The Morgan fingerprint density at radius 2 is 0.500 bits per heavy atom. The van der Waals surface area contributed by atoms with E-state index in [1.165, 1.54) is 0 Å². The Kier molecular flexibility index (Phi) is 23.1. The first kappa shape index (κ1) is 37.6. The number of methoxy groups -OCH3 is 1. The molecule has 0 N–H and O–H groups in total. The molecule has 230 valence electrons. The van der Waals surface area contributed by atoms with E-state index in [1.807, 2.05) is 55.4 Å². The van der Waals surface area contributed by atoms with Crippen molar-refractivity contribution < 1.29 is 42.6 Å². The molecule has 9 atom stereocenters. The van der Waals surface area contributed by atoms with Crippen molar-refractivity contribution in [3.63, 3.8) is 0 Å². The van der Waals surface area contributed by atoms with Crippen molar-refractivity contribution >= 4 is 0 Å². The lowest BCUT2D eigenvalue weighted by molar-refractivity contribution is -0.110. The lowest BCUT2D eigenvalue weighted by Crippen LogP contribution is -2.30. The van der Waals surface area contributed by atoms with Gasteiger partial charge in [-0.05, 0) is 68.7 Å². The maximum atomic E-state index is 5.89. The number of hydrogen-bond donors (Lipinski definition) is 0. The molecular weight excluding hydrogens is 492 g/mol. The number of ether oxygens (including phenoxy) is 9. The van der Waals surface area contributed by atoms with Gasteiger partial charge in [-0.25, -0.2) is 0 Å². The lowest BCUT2D eigenvalue weighted by atomic mass is 10.3. The summed E-state index contributed by atoms with van der Waals surface area (Å²) in [6, 6.07) is 0. The van der Waals surface area contributed by atoms with Crippen LogP contribution in [0.25, 0.3) is 0 Å². The molecule has 0 aliphatic carbocycles. The van der Waals surface area contributed by atoms with E-state index in [0.717, 1.165) is 6.42 Å². The molecule has 0 aromatic rings. The highest BCUT2D eigenvalue weighted by atomic mass is 16.6. The maximum Gasteiger partial charge on any atom is 0.0781 e. The van der Waals surface area contributed by atoms with E-state index < -0.39 is 0 Å². The van der Waals surface area contributed by atoms with E-state index in [9.17, 15) is 0 Å². The molecule has 0 aromatic heterocycles. The molecule has 0 spiro atoms. The zero-order valence-electron chi connectivity index (χ0n) is 26.2. The largest absolute Gasteiger partial charge is 0.379 e. The summed E-state index contributed by atoms with van der Waals surface area (Å²) in [5.41, 5.74) is 0. The highest BCUT2D eigenvalue weighted by molar-refractivity contribution is 4.60. The average Bonchev–Trinajstić information content (AvgIpc) is 2.91. The summed E-state index contributed by atoms with van der Waals surface area (Å²) in [5.74, 6) is 0. The zero-order valence-corrected chi connectivity index (χ0v) is 26.2. The van der Waals surface area contributed by atoms with Crippen LogP contribution in [0.4, 0.5) is 0 Å². The first-order valence-electron chi connectivity index (χ1n) is 14.4. The van der Waals surface area contributed by atoms with Crippen molar-refractivity contribution in [2.24, 2.45) is 0 Å². The second-order valence-electron chi connectivity index (χ2n) is 10.6. The van der Waals surface area contributed by atoms with Gasteiger partial charge in [0, 0.05) is 7.11 Å². The minimum atomic E-state index is -0.0446. The lowest BCUT2D eigenvalue weighted by Gasteiger charge is -2.23. The molecule has 0 rings (SSSR count). The van der Waals surface area contributed by atoms with Gasteiger partial charge in [0.25, 0.3) is 0 Å². The summed E-state index contributed by atoms with van der Waals surface area (Å²) in [7, 11) is 1.68. The van der Waals surface area contributed by atoms with E-state index >= 15 is 0 Å². The van der Waals surface area contributed by atoms with E-state index in [2.05, 4.69) is 13.8 Å². The summed E-state index contributed by atoms with van der Waals surface area (Å²) >= 11 is 0. The molecule has 0 heterocycles. The van der Waals surface area contributed by atoms with Gasteiger partial charge in [0.05, 0.1) is 108 Å². The third kappa shape index (κ3) is 22.5. The Bertz CT molecular complexity index is 480. The van der Waals surface area contributed by atoms with Crippen molar-refractivity contribution in [2.45, 2.75) is 131 Å². The van der Waals surface area contributed by atoms with Gasteiger partial charge in [-0.3, -0.25) is 0 Å². The Hall–Kier alpha value is -0.360. The van der Waals surface area contributed by atoms with Gasteiger partial charge in [0.1, 0.15) is 0 Å². The van der Waals surface area contributed by atoms with Crippen molar-refractivity contribution in [1.82, 2.24) is 0 Å². The van der Waals surface area contributed by atoms with Crippen LogP contribution in [0.3, 0.4) is 0 Å². The molecule has 9 heteroatoms. The van der Waals surface area contributed by atoms with E-state index in [4.69, 9.17) is 42.6 Å². The van der Waals surface area contributed by atoms with E-state index in [1.54, 1.807) is 7.11 Å². The van der Waals surface area contributed by atoms with Gasteiger partial charge in [-0.15, -0.1) is 0 Å². The fraction of sp³-hybridized carbons (Fsp3) is 1.00. The molecule has 0 radical (unpaired) electrons. The maximum absolute atomic E-state index is 5.89. The van der Waals surface area contributed by atoms with Gasteiger partial charge in [-0.1, -0.05) is 6.92 Å². The predicted molar refractivity (Wildman–Crippen MR) is 150 cm³/mol. The molecule has 0 aliphatic heterocycles. The molecule has 0 aliphatic rings. The Morgan fingerprint density at radius 1 is 0.316 bits per heavy atom. The summed E-state index contributed by atoms with van der Waals surface area (Å²) in [4.78, 5) is 0. The summed E-state index contributed by atoms with van der Waals surface area (Å²) in [6.45, 7) is 24.3. The van der Waals surface area contributed by atoms with Crippen LogP contribution in [0.1, 0.15) is 75.7 Å². The molecule has 0 amide bonds. The third-order valence-electron chi connectivity index (χ3n) is 5.90. The van der Waals surface area contributed by atoms with Crippen LogP contribution in [0.15, 0.2) is 0 Å². The van der Waals surface area contributed by atoms with Gasteiger partial charge in [-0.2, -0.15) is 0 Å². The fourth-order valence-electron chi connectivity index (χ4n) is 2.92. The quantitative estimate of drug-likeness (QED) is 0.152. The Balaban J connectivity index is 3.86. The fourth-order valence-corrected chi connectivity index (χ4v) is 2.92. The van der Waals surface area contributed by atoms with Crippen LogP contribution in [-0.4, -0.2) is 115 Å². The van der Waals surface area contributed by atoms with E-state index in [0.29, 0.717) is 52.9 Å². The van der Waals surface area contributed by atoms with Crippen molar-refractivity contribution in [1.29, 1.82) is 0 Å². The van der Waals surface area contributed by atoms with E-state index in [-0.39, 0.29) is 54.9 Å². The van der Waals surface area contributed by atoms with Crippen molar-refractivity contribution in [2.75, 3.05) is 60.0 Å². The van der Waals surface area contributed by atoms with Crippen molar-refractivity contribution in [3.05, 3.63) is 0 Å². The summed E-state index contributed by atoms with van der Waals surface area (Å²) < 4.78 is 51.8. The van der Waals surface area contributed by atoms with Crippen LogP contribution in [0.2, 0.25) is 0 Å². The molecule has 0 saturated carbocycles. The van der Waals surface area contributed by atoms with Gasteiger partial charge in [0.15, 0.2) is 0 Å². The monoisotopic (exact) mass is 552 g/mol. The molecule has 9 unspecified atom stereocenters. The number of rotatable bonds is 26. The minimum Gasteiger partial charge on any atom is -0.379 e. The molecule has 0 bridgehead atoms. The van der Waals surface area contributed by atoms with Crippen LogP contribution in [-0.2, 0) is 42.6 Å². The normalized spacial score (nSPS) is 19.3. The Labute approximate surface area is 233 Å². The highest BCUT2D eigenvalue weighted by Gasteiger charge is 2.14. The van der Waals surface area contributed by atoms with Crippen molar-refractivity contribution in [3.8, 4) is 0 Å². The summed E-state index contributed by atoms with van der Waals surface area (Å²) in [5, 5.41) is 0. The average molecular weight is 553 g/mol. The molecular formula is C29H60O9. The van der Waals surface area contributed by atoms with Gasteiger partial charge >= 0.3 is 0 Å². The number of hydrogen-bond acceptors (Lipinski definition) is 9. The molecule has 38 heavy (non-hydrogen) atoms. The third-order valence-corrected chi connectivity index (χ3v) is 5.90. The first-order valence-corrected chi connectivity index (χ1v) is 14.4. The van der Waals surface area contributed by atoms with Gasteiger partial charge in [0.2, 0.25) is 0 Å². The van der Waals surface area contributed by atoms with Crippen LogP contribution >= 0.6 is 0 Å². The highest BCUT2D eigenvalue weighted by Crippen LogP contribution is 2.06. The summed E-state index contributed by atoms with van der Waals surface area (Å²) in [6.07, 6.45) is 1.22. The zero-order chi connectivity index (χ0) is 28.9. The van der Waals surface area contributed by atoms with Crippen LogP contribution in [0, 0.1) is 0 Å². The Morgan fingerprint density at radius 3 is 0.684 bits per heavy atom. The second kappa shape index (κ2) is 23.4. The second-order valence-corrected chi connectivity index (χ2v) is 10.6. The predicted octanol–water partition coefficient (Wildman–Crippen LogP) is 4.67. The molecule has 9 nitrogen and oxygen atoms in total. The minimum absolute atomic E-state index is 0.00382. The van der Waals surface area contributed by atoms with Crippen LogP contribution < -0.4 is 0 Å². The van der Waals surface area contributed by atoms with Crippen LogP contribution in [0.5, 0.6) is 0 Å². The first-order chi connectivity index (χ1) is 18.0. The topological polar surface area (TPSA) is 83.1 Å². The van der Waals surface area contributed by atoms with Gasteiger partial charge < -0.3 is 42.6 Å². The standard InChI is InChI=1S/C29H60O9/c1-12-21(2)31-14-23(4)33-16-25(6)35-18-27(8)37-20-29(10)38-19-28(9)36-17-26(7)34-15-24(5)32-13-22(3)30-11/h21-29H,12-20H2,1-11H3. The SMILES string of the molecule is CCC(C)OCC(C)OCC(C)OCC(C)OCC(C)OCC(C)OCC(C)OCC(C)OCC(C)OC. The smallest absolute Gasteiger partial charge is 0.0781 e.